The van der Waals surface area contributed by atoms with Crippen molar-refractivity contribution in [2.75, 3.05) is 25.7 Å². The number of esters is 1. The highest BCUT2D eigenvalue weighted by Crippen LogP contribution is 2.21. The fourth-order valence-electron chi connectivity index (χ4n) is 2.15. The van der Waals surface area contributed by atoms with E-state index < -0.39 is 0 Å². The zero-order valence-electron chi connectivity index (χ0n) is 10.6. The van der Waals surface area contributed by atoms with E-state index in [0.717, 1.165) is 31.6 Å². The highest BCUT2D eigenvalue weighted by molar-refractivity contribution is 7.98. The van der Waals surface area contributed by atoms with Crippen LogP contribution in [0.1, 0.15) is 32.1 Å². The molecule has 0 aromatic carbocycles. The van der Waals surface area contributed by atoms with Crippen molar-refractivity contribution in [1.82, 2.24) is 4.90 Å². The van der Waals surface area contributed by atoms with Crippen molar-refractivity contribution in [3.8, 4) is 0 Å². The molecule has 4 nitrogen and oxygen atoms in total. The Labute approximate surface area is 107 Å². The predicted molar refractivity (Wildman–Crippen MR) is 69.0 cm³/mol. The van der Waals surface area contributed by atoms with Crippen LogP contribution in [-0.4, -0.2) is 48.5 Å². The maximum absolute atomic E-state index is 12.0. The number of hydrogen-bond acceptors (Lipinski definition) is 4. The van der Waals surface area contributed by atoms with Gasteiger partial charge >= 0.3 is 5.97 Å². The van der Waals surface area contributed by atoms with Crippen LogP contribution in [0.15, 0.2) is 0 Å². The Bertz CT molecular complexity index is 270. The molecule has 1 heterocycles. The molecule has 0 aromatic rings. The summed E-state index contributed by atoms with van der Waals surface area (Å²) in [4.78, 5) is 25.2. The van der Waals surface area contributed by atoms with E-state index in [1.54, 1.807) is 11.8 Å². The highest BCUT2D eigenvalue weighted by Gasteiger charge is 2.28. The van der Waals surface area contributed by atoms with Gasteiger partial charge in [0.15, 0.2) is 0 Å². The number of carbonyl (C=O) groups excluding carboxylic acids is 2. The number of carbonyl (C=O) groups is 2. The van der Waals surface area contributed by atoms with Gasteiger partial charge in [-0.25, -0.2) is 0 Å². The molecule has 0 spiro atoms. The summed E-state index contributed by atoms with van der Waals surface area (Å²) in [5, 5.41) is 0. The molecule has 1 aliphatic rings. The largest absolute Gasteiger partial charge is 0.469 e. The van der Waals surface area contributed by atoms with Crippen molar-refractivity contribution in [2.45, 2.75) is 38.1 Å². The van der Waals surface area contributed by atoms with E-state index in [9.17, 15) is 9.59 Å². The Kier molecular flexibility index (Phi) is 6.40. The van der Waals surface area contributed by atoms with Gasteiger partial charge in [0, 0.05) is 24.8 Å². The molecule has 98 valence electrons. The lowest BCUT2D eigenvalue weighted by Gasteiger charge is -2.35. The molecule has 5 heteroatoms. The normalized spacial score (nSPS) is 20.1. The molecule has 1 aliphatic heterocycles. The third-order valence-corrected chi connectivity index (χ3v) is 3.71. The fourth-order valence-corrected chi connectivity index (χ4v) is 2.53. The van der Waals surface area contributed by atoms with E-state index in [2.05, 4.69) is 4.74 Å². The minimum atomic E-state index is -0.223. The molecule has 0 saturated carbocycles. The first-order valence-electron chi connectivity index (χ1n) is 6.04. The first kappa shape index (κ1) is 14.4. The van der Waals surface area contributed by atoms with Crippen LogP contribution >= 0.6 is 11.8 Å². The molecule has 1 amide bonds. The van der Waals surface area contributed by atoms with Crippen molar-refractivity contribution >= 4 is 23.6 Å². The highest BCUT2D eigenvalue weighted by atomic mass is 32.2. The predicted octanol–water partition coefficient (Wildman–Crippen LogP) is 1.68. The Hall–Kier alpha value is -0.710. The summed E-state index contributed by atoms with van der Waals surface area (Å²) in [6.45, 7) is 0.787. The number of likely N-dealkylation sites (tertiary alicyclic amines) is 1. The van der Waals surface area contributed by atoms with Crippen molar-refractivity contribution in [3.05, 3.63) is 0 Å². The van der Waals surface area contributed by atoms with Crippen molar-refractivity contribution in [1.29, 1.82) is 0 Å². The molecular formula is C12H21NO3S. The zero-order chi connectivity index (χ0) is 12.7. The van der Waals surface area contributed by atoms with Gasteiger partial charge in [0.25, 0.3) is 0 Å². The van der Waals surface area contributed by atoms with Gasteiger partial charge in [-0.05, 0) is 25.5 Å². The monoisotopic (exact) mass is 259 g/mol. The molecule has 0 bridgehead atoms. The third kappa shape index (κ3) is 4.58. The molecular weight excluding hydrogens is 238 g/mol. The van der Waals surface area contributed by atoms with E-state index in [-0.39, 0.29) is 17.9 Å². The molecule has 1 unspecified atom stereocenters. The molecule has 1 fully saturated rings. The van der Waals surface area contributed by atoms with E-state index in [4.69, 9.17) is 0 Å². The first-order chi connectivity index (χ1) is 8.19. The molecule has 17 heavy (non-hydrogen) atoms. The van der Waals surface area contributed by atoms with Gasteiger partial charge in [-0.1, -0.05) is 0 Å². The molecule has 0 N–H and O–H groups in total. The SMILES string of the molecule is COC(=O)CC1CCCCN1C(=O)CCSC. The van der Waals surface area contributed by atoms with Crippen LogP contribution in [0.25, 0.3) is 0 Å². The van der Waals surface area contributed by atoms with Gasteiger partial charge in [-0.2, -0.15) is 11.8 Å². The summed E-state index contributed by atoms with van der Waals surface area (Å²) in [5.74, 6) is 0.799. The van der Waals surface area contributed by atoms with Crippen LogP contribution in [0.2, 0.25) is 0 Å². The van der Waals surface area contributed by atoms with E-state index in [1.807, 2.05) is 11.2 Å². The van der Waals surface area contributed by atoms with Gasteiger partial charge in [-0.15, -0.1) is 0 Å². The Morgan fingerprint density at radius 1 is 1.41 bits per heavy atom. The van der Waals surface area contributed by atoms with Gasteiger partial charge in [0.05, 0.1) is 13.5 Å². The van der Waals surface area contributed by atoms with E-state index in [0.29, 0.717) is 12.8 Å². The van der Waals surface area contributed by atoms with Gasteiger partial charge < -0.3 is 9.64 Å². The molecule has 1 saturated heterocycles. The van der Waals surface area contributed by atoms with Crippen LogP contribution in [-0.2, 0) is 14.3 Å². The second kappa shape index (κ2) is 7.58. The summed E-state index contributed by atoms with van der Waals surface area (Å²) in [5.41, 5.74) is 0. The average molecular weight is 259 g/mol. The number of methoxy groups -OCH3 is 1. The number of piperidine rings is 1. The quantitative estimate of drug-likeness (QED) is 0.705. The van der Waals surface area contributed by atoms with Crippen LogP contribution in [0.5, 0.6) is 0 Å². The summed E-state index contributed by atoms with van der Waals surface area (Å²) < 4.78 is 4.68. The molecule has 0 aliphatic carbocycles. The van der Waals surface area contributed by atoms with E-state index >= 15 is 0 Å². The number of ether oxygens (including phenoxy) is 1. The maximum atomic E-state index is 12.0. The van der Waals surface area contributed by atoms with Crippen LogP contribution < -0.4 is 0 Å². The summed E-state index contributed by atoms with van der Waals surface area (Å²) in [6, 6.07) is 0.0468. The molecule has 0 radical (unpaired) electrons. The zero-order valence-corrected chi connectivity index (χ0v) is 11.4. The standard InChI is InChI=1S/C12H21NO3S/c1-16-12(15)9-10-5-3-4-7-13(10)11(14)6-8-17-2/h10H,3-9H2,1-2H3. The van der Waals surface area contributed by atoms with Crippen LogP contribution in [0, 0.1) is 0 Å². The molecule has 1 atom stereocenters. The second-order valence-electron chi connectivity index (χ2n) is 4.26. The average Bonchev–Trinajstić information content (AvgIpc) is 2.36. The Morgan fingerprint density at radius 2 is 2.18 bits per heavy atom. The Balaban J connectivity index is 2.52. The lowest BCUT2D eigenvalue weighted by Crippen LogP contribution is -2.45. The Morgan fingerprint density at radius 3 is 2.82 bits per heavy atom. The smallest absolute Gasteiger partial charge is 0.307 e. The van der Waals surface area contributed by atoms with E-state index in [1.165, 1.54) is 7.11 Å². The van der Waals surface area contributed by atoms with Crippen molar-refractivity contribution < 1.29 is 14.3 Å². The molecule has 0 aromatic heterocycles. The summed E-state index contributed by atoms with van der Waals surface area (Å²) in [7, 11) is 1.39. The number of hydrogen-bond donors (Lipinski definition) is 0. The van der Waals surface area contributed by atoms with Crippen LogP contribution in [0.4, 0.5) is 0 Å². The second-order valence-corrected chi connectivity index (χ2v) is 5.25. The minimum absolute atomic E-state index is 0.0468. The van der Waals surface area contributed by atoms with Crippen molar-refractivity contribution in [3.63, 3.8) is 0 Å². The fraction of sp³-hybridized carbons (Fsp3) is 0.833. The van der Waals surface area contributed by atoms with Gasteiger partial charge in [0.1, 0.15) is 0 Å². The summed E-state index contributed by atoms with van der Waals surface area (Å²) >= 11 is 1.67. The van der Waals surface area contributed by atoms with Crippen molar-refractivity contribution in [2.24, 2.45) is 0 Å². The van der Waals surface area contributed by atoms with Crippen LogP contribution in [0.3, 0.4) is 0 Å². The lowest BCUT2D eigenvalue weighted by atomic mass is 9.99. The first-order valence-corrected chi connectivity index (χ1v) is 7.43. The molecule has 1 rings (SSSR count). The summed E-state index contributed by atoms with van der Waals surface area (Å²) in [6.07, 6.45) is 5.95. The van der Waals surface area contributed by atoms with Gasteiger partial charge in [0.2, 0.25) is 5.91 Å². The minimum Gasteiger partial charge on any atom is -0.469 e. The third-order valence-electron chi connectivity index (χ3n) is 3.10. The number of rotatable bonds is 5. The number of thioether (sulfide) groups is 1. The topological polar surface area (TPSA) is 46.6 Å². The van der Waals surface area contributed by atoms with Gasteiger partial charge in [-0.3, -0.25) is 9.59 Å². The number of nitrogens with zero attached hydrogens (tertiary/aromatic N) is 1. The maximum Gasteiger partial charge on any atom is 0.307 e. The number of amides is 1. The lowest BCUT2D eigenvalue weighted by molar-refractivity contribution is -0.144.